The van der Waals surface area contributed by atoms with Crippen LogP contribution in [0.4, 0.5) is 0 Å². The number of thiophene rings is 1. The zero-order valence-corrected chi connectivity index (χ0v) is 13.4. The minimum Gasteiger partial charge on any atom is -0.328 e. The highest BCUT2D eigenvalue weighted by Crippen LogP contribution is 2.09. The van der Waals surface area contributed by atoms with Gasteiger partial charge in [-0.15, -0.1) is 11.3 Å². The quantitative estimate of drug-likeness (QED) is 0.856. The molecule has 1 fully saturated rings. The Labute approximate surface area is 134 Å². The SMILES string of the molecule is Clc1ccc(C[NH+]2CCN(/N=C\c3cccs3)CC2)cc1. The summed E-state index contributed by atoms with van der Waals surface area (Å²) in [6, 6.07) is 12.3. The van der Waals surface area contributed by atoms with E-state index in [4.69, 9.17) is 11.6 Å². The van der Waals surface area contributed by atoms with Gasteiger partial charge >= 0.3 is 0 Å². The number of nitrogens with one attached hydrogen (secondary N) is 1. The lowest BCUT2D eigenvalue weighted by Gasteiger charge is -2.30. The number of benzene rings is 1. The summed E-state index contributed by atoms with van der Waals surface area (Å²) in [5, 5.41) is 9.62. The van der Waals surface area contributed by atoms with Crippen LogP contribution in [-0.4, -0.2) is 37.4 Å². The Kier molecular flexibility index (Phi) is 4.91. The molecule has 5 heteroatoms. The molecule has 0 radical (unpaired) electrons. The average Bonchev–Trinajstić information content (AvgIpc) is 3.02. The Morgan fingerprint density at radius 3 is 2.62 bits per heavy atom. The maximum Gasteiger partial charge on any atom is 0.103 e. The molecule has 1 aromatic carbocycles. The molecule has 1 saturated heterocycles. The predicted molar refractivity (Wildman–Crippen MR) is 89.3 cm³/mol. The van der Waals surface area contributed by atoms with Crippen molar-refractivity contribution >= 4 is 29.2 Å². The van der Waals surface area contributed by atoms with Crippen LogP contribution in [0.5, 0.6) is 0 Å². The first-order valence-corrected chi connectivity index (χ1v) is 8.46. The largest absolute Gasteiger partial charge is 0.328 e. The van der Waals surface area contributed by atoms with Crippen molar-refractivity contribution in [3.63, 3.8) is 0 Å². The fraction of sp³-hybridized carbons (Fsp3) is 0.312. The molecule has 1 N–H and O–H groups in total. The van der Waals surface area contributed by atoms with E-state index in [2.05, 4.69) is 39.8 Å². The van der Waals surface area contributed by atoms with Gasteiger partial charge in [0.25, 0.3) is 0 Å². The van der Waals surface area contributed by atoms with Crippen molar-refractivity contribution in [2.75, 3.05) is 26.2 Å². The summed E-state index contributed by atoms with van der Waals surface area (Å²) in [6.07, 6.45) is 1.97. The van der Waals surface area contributed by atoms with Crippen LogP contribution in [0.3, 0.4) is 0 Å². The third-order valence-corrected chi connectivity index (χ3v) is 4.76. The van der Waals surface area contributed by atoms with Crippen molar-refractivity contribution < 1.29 is 4.90 Å². The molecule has 0 spiro atoms. The molecule has 1 aromatic heterocycles. The van der Waals surface area contributed by atoms with E-state index in [9.17, 15) is 0 Å². The minimum atomic E-state index is 0.807. The van der Waals surface area contributed by atoms with Crippen LogP contribution in [0, 0.1) is 0 Å². The molecule has 0 unspecified atom stereocenters. The second kappa shape index (κ2) is 7.07. The zero-order valence-electron chi connectivity index (χ0n) is 11.8. The maximum absolute atomic E-state index is 5.92. The fourth-order valence-electron chi connectivity index (χ4n) is 2.50. The minimum absolute atomic E-state index is 0.807. The van der Waals surface area contributed by atoms with Gasteiger partial charge < -0.3 is 4.90 Å². The predicted octanol–water partition coefficient (Wildman–Crippen LogP) is 2.14. The van der Waals surface area contributed by atoms with Crippen LogP contribution >= 0.6 is 22.9 Å². The van der Waals surface area contributed by atoms with Crippen molar-refractivity contribution in [1.29, 1.82) is 0 Å². The van der Waals surface area contributed by atoms with Crippen LogP contribution in [0.15, 0.2) is 46.9 Å². The van der Waals surface area contributed by atoms with E-state index in [1.165, 1.54) is 10.4 Å². The Morgan fingerprint density at radius 1 is 1.19 bits per heavy atom. The van der Waals surface area contributed by atoms with Gasteiger partial charge in [0.1, 0.15) is 6.54 Å². The molecule has 1 aliphatic rings. The first-order chi connectivity index (χ1) is 10.3. The molecular formula is C16H19ClN3S+. The molecule has 0 atom stereocenters. The summed E-state index contributed by atoms with van der Waals surface area (Å²) in [5.74, 6) is 0. The van der Waals surface area contributed by atoms with Crippen molar-refractivity contribution in [2.24, 2.45) is 5.10 Å². The number of hydrazone groups is 1. The Hall–Kier alpha value is -1.36. The van der Waals surface area contributed by atoms with Gasteiger partial charge in [0.05, 0.1) is 32.4 Å². The smallest absolute Gasteiger partial charge is 0.103 e. The number of rotatable bonds is 4. The highest BCUT2D eigenvalue weighted by atomic mass is 35.5. The Balaban J connectivity index is 1.47. The molecule has 1 aliphatic heterocycles. The van der Waals surface area contributed by atoms with Crippen LogP contribution < -0.4 is 4.90 Å². The third-order valence-electron chi connectivity index (χ3n) is 3.71. The lowest BCUT2D eigenvalue weighted by Crippen LogP contribution is -3.13. The number of halogens is 1. The molecule has 3 rings (SSSR count). The highest BCUT2D eigenvalue weighted by molar-refractivity contribution is 7.11. The number of quaternary nitrogens is 1. The van der Waals surface area contributed by atoms with E-state index < -0.39 is 0 Å². The molecule has 0 saturated carbocycles. The van der Waals surface area contributed by atoms with Gasteiger partial charge in [-0.05, 0) is 23.6 Å². The Bertz CT molecular complexity index is 572. The topological polar surface area (TPSA) is 20.0 Å². The summed E-state index contributed by atoms with van der Waals surface area (Å²) >= 11 is 7.65. The van der Waals surface area contributed by atoms with E-state index in [0.29, 0.717) is 0 Å². The van der Waals surface area contributed by atoms with Gasteiger partial charge in [0.2, 0.25) is 0 Å². The molecule has 0 bridgehead atoms. The van der Waals surface area contributed by atoms with Crippen LogP contribution in [0.2, 0.25) is 5.02 Å². The summed E-state index contributed by atoms with van der Waals surface area (Å²) in [6.45, 7) is 5.37. The molecule has 3 nitrogen and oxygen atoms in total. The van der Waals surface area contributed by atoms with E-state index in [1.54, 1.807) is 16.2 Å². The number of hydrogen-bond donors (Lipinski definition) is 1. The second-order valence-electron chi connectivity index (χ2n) is 5.27. The lowest BCUT2D eigenvalue weighted by molar-refractivity contribution is -0.918. The zero-order chi connectivity index (χ0) is 14.5. The first kappa shape index (κ1) is 14.6. The molecule has 2 aromatic rings. The van der Waals surface area contributed by atoms with Gasteiger partial charge in [-0.25, -0.2) is 0 Å². The average molecular weight is 321 g/mol. The molecular weight excluding hydrogens is 302 g/mol. The monoisotopic (exact) mass is 320 g/mol. The molecule has 110 valence electrons. The summed E-state index contributed by atoms with van der Waals surface area (Å²) in [7, 11) is 0. The standard InChI is InChI=1S/C16H18ClN3S/c17-15-5-3-14(4-6-15)13-19-7-9-20(10-8-19)18-12-16-2-1-11-21-16/h1-6,11-12H,7-10,13H2/p+1/b18-12-. The van der Waals surface area contributed by atoms with E-state index in [1.807, 2.05) is 18.3 Å². The van der Waals surface area contributed by atoms with E-state index in [-0.39, 0.29) is 0 Å². The summed E-state index contributed by atoms with van der Waals surface area (Å²) < 4.78 is 0. The van der Waals surface area contributed by atoms with Gasteiger partial charge in [-0.3, -0.25) is 5.01 Å². The fourth-order valence-corrected chi connectivity index (χ4v) is 3.20. The van der Waals surface area contributed by atoms with Crippen molar-refractivity contribution in [3.8, 4) is 0 Å². The van der Waals surface area contributed by atoms with Gasteiger partial charge in [0, 0.05) is 15.5 Å². The van der Waals surface area contributed by atoms with Gasteiger partial charge in [-0.1, -0.05) is 29.8 Å². The highest BCUT2D eigenvalue weighted by Gasteiger charge is 2.18. The molecule has 21 heavy (non-hydrogen) atoms. The van der Waals surface area contributed by atoms with Crippen molar-refractivity contribution in [3.05, 3.63) is 57.2 Å². The number of hydrogen-bond acceptors (Lipinski definition) is 3. The maximum atomic E-state index is 5.92. The second-order valence-corrected chi connectivity index (χ2v) is 6.68. The first-order valence-electron chi connectivity index (χ1n) is 7.20. The van der Waals surface area contributed by atoms with Crippen LogP contribution in [0.25, 0.3) is 0 Å². The third kappa shape index (κ3) is 4.30. The summed E-state index contributed by atoms with van der Waals surface area (Å²) in [4.78, 5) is 2.82. The van der Waals surface area contributed by atoms with Crippen molar-refractivity contribution in [1.82, 2.24) is 5.01 Å². The lowest BCUT2D eigenvalue weighted by atomic mass is 10.2. The van der Waals surface area contributed by atoms with Crippen LogP contribution in [-0.2, 0) is 6.54 Å². The molecule has 2 heterocycles. The van der Waals surface area contributed by atoms with E-state index >= 15 is 0 Å². The normalized spacial score (nSPS) is 16.7. The van der Waals surface area contributed by atoms with Crippen LogP contribution in [0.1, 0.15) is 10.4 Å². The summed E-state index contributed by atoms with van der Waals surface area (Å²) in [5.41, 5.74) is 1.35. The molecule has 0 amide bonds. The Morgan fingerprint density at radius 2 is 1.95 bits per heavy atom. The molecule has 0 aliphatic carbocycles. The van der Waals surface area contributed by atoms with Gasteiger partial charge in [0.15, 0.2) is 0 Å². The number of nitrogens with zero attached hydrogens (tertiary/aromatic N) is 2. The van der Waals surface area contributed by atoms with Gasteiger partial charge in [-0.2, -0.15) is 5.10 Å². The number of piperazine rings is 1. The van der Waals surface area contributed by atoms with E-state index in [0.717, 1.165) is 37.7 Å². The van der Waals surface area contributed by atoms with Crippen molar-refractivity contribution in [2.45, 2.75) is 6.54 Å².